The first kappa shape index (κ1) is 14.8. The van der Waals surface area contributed by atoms with E-state index in [1.54, 1.807) is 0 Å². The Kier molecular flexibility index (Phi) is 5.80. The van der Waals surface area contributed by atoms with Crippen molar-refractivity contribution in [3.63, 3.8) is 0 Å². The summed E-state index contributed by atoms with van der Waals surface area (Å²) >= 11 is 2.01. The van der Waals surface area contributed by atoms with Crippen LogP contribution in [0.25, 0.3) is 0 Å². The van der Waals surface area contributed by atoms with Crippen LogP contribution in [0.2, 0.25) is 0 Å². The maximum Gasteiger partial charge on any atom is 0.236 e. The molecule has 0 saturated carbocycles. The maximum absolute atomic E-state index is 12.2. The maximum atomic E-state index is 12.2. The number of hydrogen-bond donors (Lipinski definition) is 0. The minimum Gasteiger partial charge on any atom is -0.340 e. The Labute approximate surface area is 110 Å². The fraction of sp³-hybridized carbons (Fsp3) is 0.923. The summed E-state index contributed by atoms with van der Waals surface area (Å²) in [5.41, 5.74) is 0. The van der Waals surface area contributed by atoms with Crippen LogP contribution in [-0.2, 0) is 4.79 Å². The monoisotopic (exact) mass is 258 g/mol. The molecule has 0 aromatic carbocycles. The lowest BCUT2D eigenvalue weighted by atomic mass is 10.1. The van der Waals surface area contributed by atoms with E-state index in [1.807, 2.05) is 23.7 Å². The lowest BCUT2D eigenvalue weighted by Gasteiger charge is -2.35. The van der Waals surface area contributed by atoms with Gasteiger partial charge in [-0.05, 0) is 26.8 Å². The van der Waals surface area contributed by atoms with E-state index >= 15 is 0 Å². The molecule has 3 nitrogen and oxygen atoms in total. The van der Waals surface area contributed by atoms with Crippen LogP contribution in [-0.4, -0.2) is 59.4 Å². The second-order valence-corrected chi connectivity index (χ2v) is 6.85. The molecule has 1 rings (SSSR count). The van der Waals surface area contributed by atoms with E-state index in [2.05, 4.69) is 32.6 Å². The van der Waals surface area contributed by atoms with Crippen molar-refractivity contribution in [1.82, 2.24) is 9.80 Å². The molecule has 1 aliphatic heterocycles. The Balaban J connectivity index is 2.46. The third-order valence-electron chi connectivity index (χ3n) is 3.46. The van der Waals surface area contributed by atoms with Crippen molar-refractivity contribution < 1.29 is 4.79 Å². The van der Waals surface area contributed by atoms with Gasteiger partial charge in [-0.15, -0.1) is 0 Å². The first-order chi connectivity index (χ1) is 7.91. The third kappa shape index (κ3) is 4.51. The molecule has 4 heteroatoms. The first-order valence-corrected chi connectivity index (χ1v) is 7.56. The molecule has 17 heavy (non-hydrogen) atoms. The Morgan fingerprint density at radius 2 is 2.06 bits per heavy atom. The van der Waals surface area contributed by atoms with Gasteiger partial charge in [-0.3, -0.25) is 9.69 Å². The minimum absolute atomic E-state index is 0.284. The molecule has 1 heterocycles. The molecule has 1 saturated heterocycles. The Hall–Kier alpha value is -0.220. The largest absolute Gasteiger partial charge is 0.340 e. The lowest BCUT2D eigenvalue weighted by molar-refractivity contribution is -0.132. The van der Waals surface area contributed by atoms with E-state index in [0.29, 0.717) is 23.8 Å². The molecule has 1 amide bonds. The van der Waals surface area contributed by atoms with Crippen molar-refractivity contribution >= 4 is 17.7 Å². The highest BCUT2D eigenvalue weighted by Crippen LogP contribution is 2.24. The molecule has 1 aliphatic rings. The van der Waals surface area contributed by atoms with Gasteiger partial charge in [0.1, 0.15) is 0 Å². The quantitative estimate of drug-likeness (QED) is 0.770. The highest BCUT2D eigenvalue weighted by molar-refractivity contribution is 8.00. The SMILES string of the molecule is CC(C)[C@H]1CN(C(=O)CN(C)C(C)C)CCS1. The summed E-state index contributed by atoms with van der Waals surface area (Å²) in [6.45, 7) is 11.1. The molecule has 1 fully saturated rings. The summed E-state index contributed by atoms with van der Waals surface area (Å²) in [5, 5.41) is 0.608. The Morgan fingerprint density at radius 1 is 1.41 bits per heavy atom. The van der Waals surface area contributed by atoms with E-state index in [0.717, 1.165) is 18.8 Å². The zero-order chi connectivity index (χ0) is 13.0. The molecular formula is C13H26N2OS. The van der Waals surface area contributed by atoms with Crippen LogP contribution in [0.4, 0.5) is 0 Å². The van der Waals surface area contributed by atoms with Crippen LogP contribution in [0, 0.1) is 5.92 Å². The number of carbonyl (C=O) groups is 1. The summed E-state index contributed by atoms with van der Waals surface area (Å²) < 4.78 is 0. The van der Waals surface area contributed by atoms with Gasteiger partial charge in [-0.1, -0.05) is 13.8 Å². The number of hydrogen-bond acceptors (Lipinski definition) is 3. The predicted octanol–water partition coefficient (Wildman–Crippen LogP) is 1.93. The van der Waals surface area contributed by atoms with Crippen molar-refractivity contribution in [1.29, 1.82) is 0 Å². The fourth-order valence-electron chi connectivity index (χ4n) is 1.80. The van der Waals surface area contributed by atoms with Gasteiger partial charge in [0.05, 0.1) is 6.54 Å². The van der Waals surface area contributed by atoms with Gasteiger partial charge in [0.25, 0.3) is 0 Å². The van der Waals surface area contributed by atoms with Crippen LogP contribution in [0.3, 0.4) is 0 Å². The fourth-order valence-corrected chi connectivity index (χ4v) is 3.10. The van der Waals surface area contributed by atoms with Crippen LogP contribution < -0.4 is 0 Å². The zero-order valence-electron chi connectivity index (χ0n) is 11.8. The smallest absolute Gasteiger partial charge is 0.236 e. The Bertz CT molecular complexity index is 256. The number of rotatable bonds is 4. The summed E-state index contributed by atoms with van der Waals surface area (Å²) in [4.78, 5) is 16.3. The van der Waals surface area contributed by atoms with Gasteiger partial charge >= 0.3 is 0 Å². The zero-order valence-corrected chi connectivity index (χ0v) is 12.6. The molecule has 0 aliphatic carbocycles. The standard InChI is InChI=1S/C13H26N2OS/c1-10(2)12-8-15(6-7-17-12)13(16)9-14(5)11(3)4/h10-12H,6-9H2,1-5H3/t12-/m1/s1. The number of likely N-dealkylation sites (N-methyl/N-ethyl adjacent to an activating group) is 1. The second kappa shape index (κ2) is 6.64. The average Bonchev–Trinajstić information content (AvgIpc) is 2.28. The third-order valence-corrected chi connectivity index (χ3v) is 5.00. The minimum atomic E-state index is 0.284. The van der Waals surface area contributed by atoms with E-state index in [4.69, 9.17) is 0 Å². The normalized spacial score (nSPS) is 21.6. The highest BCUT2D eigenvalue weighted by atomic mass is 32.2. The van der Waals surface area contributed by atoms with Crippen LogP contribution in [0.5, 0.6) is 0 Å². The van der Waals surface area contributed by atoms with Gasteiger partial charge in [-0.25, -0.2) is 0 Å². The van der Waals surface area contributed by atoms with Crippen molar-refractivity contribution in [2.75, 3.05) is 32.4 Å². The van der Waals surface area contributed by atoms with Crippen LogP contribution in [0.15, 0.2) is 0 Å². The molecule has 0 aromatic heterocycles. The molecule has 0 aromatic rings. The molecule has 0 N–H and O–H groups in total. The highest BCUT2D eigenvalue weighted by Gasteiger charge is 2.26. The second-order valence-electron chi connectivity index (χ2n) is 5.50. The number of carbonyl (C=O) groups excluding carboxylic acids is 1. The van der Waals surface area contributed by atoms with E-state index in [9.17, 15) is 4.79 Å². The first-order valence-electron chi connectivity index (χ1n) is 6.51. The molecule has 0 unspecified atom stereocenters. The summed E-state index contributed by atoms with van der Waals surface area (Å²) in [6, 6.07) is 0.430. The number of thioether (sulfide) groups is 1. The van der Waals surface area contributed by atoms with Crippen molar-refractivity contribution in [2.45, 2.75) is 39.0 Å². The summed E-state index contributed by atoms with van der Waals surface area (Å²) in [5.74, 6) is 2.02. The van der Waals surface area contributed by atoms with Gasteiger partial charge in [0.2, 0.25) is 5.91 Å². The molecule has 0 spiro atoms. The van der Waals surface area contributed by atoms with Crippen molar-refractivity contribution in [3.05, 3.63) is 0 Å². The number of nitrogens with zero attached hydrogens (tertiary/aromatic N) is 2. The molecule has 100 valence electrons. The van der Waals surface area contributed by atoms with Gasteiger partial charge in [0, 0.05) is 30.1 Å². The van der Waals surface area contributed by atoms with Crippen molar-refractivity contribution in [3.8, 4) is 0 Å². The Morgan fingerprint density at radius 3 is 2.59 bits per heavy atom. The van der Waals surface area contributed by atoms with Gasteiger partial charge in [0.15, 0.2) is 0 Å². The van der Waals surface area contributed by atoms with Crippen LogP contribution in [0.1, 0.15) is 27.7 Å². The number of amides is 1. The van der Waals surface area contributed by atoms with E-state index in [-0.39, 0.29) is 5.91 Å². The molecule has 0 bridgehead atoms. The molecular weight excluding hydrogens is 232 g/mol. The molecule has 0 radical (unpaired) electrons. The predicted molar refractivity (Wildman–Crippen MR) is 75.4 cm³/mol. The summed E-state index contributed by atoms with van der Waals surface area (Å²) in [6.07, 6.45) is 0. The topological polar surface area (TPSA) is 23.6 Å². The van der Waals surface area contributed by atoms with Gasteiger partial charge in [-0.2, -0.15) is 11.8 Å². The van der Waals surface area contributed by atoms with E-state index in [1.165, 1.54) is 0 Å². The van der Waals surface area contributed by atoms with E-state index < -0.39 is 0 Å². The van der Waals surface area contributed by atoms with Crippen molar-refractivity contribution in [2.24, 2.45) is 5.92 Å². The van der Waals surface area contributed by atoms with Crippen LogP contribution >= 0.6 is 11.8 Å². The lowest BCUT2D eigenvalue weighted by Crippen LogP contribution is -2.47. The average molecular weight is 258 g/mol. The van der Waals surface area contributed by atoms with Gasteiger partial charge < -0.3 is 4.90 Å². The summed E-state index contributed by atoms with van der Waals surface area (Å²) in [7, 11) is 2.02. The molecule has 1 atom stereocenters.